The fourth-order valence-electron chi connectivity index (χ4n) is 6.54. The summed E-state index contributed by atoms with van der Waals surface area (Å²) >= 11 is 0. The Morgan fingerprint density at radius 3 is 1.51 bits per heavy atom. The summed E-state index contributed by atoms with van der Waals surface area (Å²) in [7, 11) is -4.41. The van der Waals surface area contributed by atoms with Crippen LogP contribution in [-0.4, -0.2) is 59.0 Å². The van der Waals surface area contributed by atoms with Crippen molar-refractivity contribution in [1.82, 2.24) is 5.32 Å². The molecule has 10 heteroatoms. The Bertz CT molecular complexity index is 977. The average Bonchev–Trinajstić information content (AvgIpc) is 3.16. The van der Waals surface area contributed by atoms with Crippen LogP contribution in [0.15, 0.2) is 36.5 Å². The third kappa shape index (κ3) is 39.3. The highest BCUT2D eigenvalue weighted by Crippen LogP contribution is 2.43. The molecule has 0 aliphatic heterocycles. The van der Waals surface area contributed by atoms with Crippen molar-refractivity contribution in [2.45, 2.75) is 225 Å². The maximum Gasteiger partial charge on any atom is 0.472 e. The number of rotatable bonds is 42. The summed E-state index contributed by atoms with van der Waals surface area (Å²) in [5, 5.41) is 24.0. The first-order valence-corrected chi connectivity index (χ1v) is 24.2. The van der Waals surface area contributed by atoms with Crippen molar-refractivity contribution in [3.8, 4) is 0 Å². The monoisotopic (exact) mass is 799 g/mol. The van der Waals surface area contributed by atoms with Crippen molar-refractivity contribution in [2.75, 3.05) is 19.8 Å². The van der Waals surface area contributed by atoms with E-state index >= 15 is 0 Å². The van der Waals surface area contributed by atoms with E-state index in [1.54, 1.807) is 6.08 Å². The number of carbonyl (C=O) groups is 1. The standard InChI is InChI=1S/C45H87N2O7P/c1-3-5-7-9-11-13-15-17-19-20-21-22-23-25-27-29-31-33-35-37-44(49)43(41-54-55(51,52)53-39-38-46)47-45(50)40-42(48)36-34-32-30-28-26-24-18-16-14-12-10-8-6-4-2/h24,26-27,29,35,37,42-44,48-49H,3-23,25,28,30-34,36,38-41,46H2,1-2H3,(H,47,50)(H,51,52)/b26-24-,29-27+,37-35+. The lowest BCUT2D eigenvalue weighted by atomic mass is 10.0. The molecular weight excluding hydrogens is 711 g/mol. The van der Waals surface area contributed by atoms with Crippen molar-refractivity contribution in [1.29, 1.82) is 0 Å². The predicted molar refractivity (Wildman–Crippen MR) is 232 cm³/mol. The second-order valence-electron chi connectivity index (χ2n) is 15.4. The molecule has 324 valence electrons. The summed E-state index contributed by atoms with van der Waals surface area (Å²) in [4.78, 5) is 22.8. The van der Waals surface area contributed by atoms with Gasteiger partial charge >= 0.3 is 7.82 Å². The normalized spacial score (nSPS) is 14.9. The minimum Gasteiger partial charge on any atom is -0.393 e. The highest BCUT2D eigenvalue weighted by atomic mass is 31.2. The van der Waals surface area contributed by atoms with E-state index in [0.29, 0.717) is 12.8 Å². The van der Waals surface area contributed by atoms with Crippen molar-refractivity contribution in [3.63, 3.8) is 0 Å². The highest BCUT2D eigenvalue weighted by molar-refractivity contribution is 7.47. The fraction of sp³-hybridized carbons (Fsp3) is 0.844. The molecule has 0 saturated carbocycles. The van der Waals surface area contributed by atoms with Crippen LogP contribution in [0.3, 0.4) is 0 Å². The Kier molecular flexibility index (Phi) is 39.9. The number of allylic oxidation sites excluding steroid dienone is 5. The Morgan fingerprint density at radius 2 is 1.04 bits per heavy atom. The molecule has 0 aromatic carbocycles. The van der Waals surface area contributed by atoms with Gasteiger partial charge in [-0.2, -0.15) is 0 Å². The minimum atomic E-state index is -4.41. The van der Waals surface area contributed by atoms with Crippen LogP contribution < -0.4 is 11.1 Å². The lowest BCUT2D eigenvalue weighted by molar-refractivity contribution is -0.124. The Labute approximate surface area is 338 Å². The van der Waals surface area contributed by atoms with Crippen LogP contribution in [0, 0.1) is 0 Å². The van der Waals surface area contributed by atoms with Crippen LogP contribution in [0.1, 0.15) is 206 Å². The van der Waals surface area contributed by atoms with E-state index in [2.05, 4.69) is 43.5 Å². The first-order chi connectivity index (χ1) is 26.8. The zero-order valence-corrected chi connectivity index (χ0v) is 36.4. The number of aliphatic hydroxyl groups is 2. The first-order valence-electron chi connectivity index (χ1n) is 22.7. The number of nitrogens with two attached hydrogens (primary N) is 1. The fourth-order valence-corrected chi connectivity index (χ4v) is 7.30. The zero-order chi connectivity index (χ0) is 40.5. The summed E-state index contributed by atoms with van der Waals surface area (Å²) < 4.78 is 22.1. The van der Waals surface area contributed by atoms with Gasteiger partial charge in [-0.25, -0.2) is 4.57 Å². The molecule has 0 aliphatic carbocycles. The molecule has 0 spiro atoms. The van der Waals surface area contributed by atoms with Crippen molar-refractivity contribution in [2.24, 2.45) is 5.73 Å². The van der Waals surface area contributed by atoms with Gasteiger partial charge < -0.3 is 26.2 Å². The van der Waals surface area contributed by atoms with Gasteiger partial charge in [0.05, 0.1) is 37.9 Å². The van der Waals surface area contributed by atoms with Gasteiger partial charge in [0, 0.05) is 6.54 Å². The van der Waals surface area contributed by atoms with Crippen LogP contribution in [0.5, 0.6) is 0 Å². The maximum atomic E-state index is 12.8. The lowest BCUT2D eigenvalue weighted by Gasteiger charge is -2.24. The number of hydrogen-bond donors (Lipinski definition) is 5. The van der Waals surface area contributed by atoms with E-state index in [1.165, 1.54) is 128 Å². The number of phosphoric acid groups is 1. The zero-order valence-electron chi connectivity index (χ0n) is 35.5. The van der Waals surface area contributed by atoms with Crippen LogP contribution in [0.4, 0.5) is 0 Å². The molecule has 0 saturated heterocycles. The van der Waals surface area contributed by atoms with Gasteiger partial charge in [-0.05, 0) is 57.8 Å². The molecule has 9 nitrogen and oxygen atoms in total. The summed E-state index contributed by atoms with van der Waals surface area (Å²) in [6, 6.07) is -1.00. The molecule has 0 radical (unpaired) electrons. The van der Waals surface area contributed by atoms with E-state index in [9.17, 15) is 24.5 Å². The summed E-state index contributed by atoms with van der Waals surface area (Å²) in [5.74, 6) is -0.464. The number of aliphatic hydroxyl groups excluding tert-OH is 2. The van der Waals surface area contributed by atoms with Crippen molar-refractivity contribution < 1.29 is 33.5 Å². The molecule has 4 unspecified atom stereocenters. The third-order valence-electron chi connectivity index (χ3n) is 9.99. The Hall–Kier alpha value is -1.32. The van der Waals surface area contributed by atoms with Gasteiger partial charge in [-0.3, -0.25) is 13.8 Å². The van der Waals surface area contributed by atoms with Gasteiger partial charge in [-0.1, -0.05) is 179 Å². The molecule has 0 rings (SSSR count). The van der Waals surface area contributed by atoms with Gasteiger partial charge in [0.25, 0.3) is 0 Å². The molecule has 55 heavy (non-hydrogen) atoms. The minimum absolute atomic E-state index is 0.0428. The number of hydrogen-bond acceptors (Lipinski definition) is 7. The van der Waals surface area contributed by atoms with Gasteiger partial charge in [0.2, 0.25) is 5.91 Å². The molecule has 0 heterocycles. The quantitative estimate of drug-likeness (QED) is 0.0233. The van der Waals surface area contributed by atoms with E-state index in [4.69, 9.17) is 14.8 Å². The SMILES string of the molecule is CCCCCCCCC/C=C\CCCCCC(O)CC(=O)NC(COP(=O)(O)OCCN)C(O)/C=C/CC/C=C/CCCCCCCCCCCCCCC. The van der Waals surface area contributed by atoms with E-state index in [-0.39, 0.29) is 19.6 Å². The van der Waals surface area contributed by atoms with Gasteiger partial charge in [-0.15, -0.1) is 0 Å². The van der Waals surface area contributed by atoms with E-state index < -0.39 is 38.6 Å². The molecule has 4 atom stereocenters. The van der Waals surface area contributed by atoms with E-state index in [1.807, 2.05) is 6.08 Å². The van der Waals surface area contributed by atoms with Crippen LogP contribution in [0.2, 0.25) is 0 Å². The molecule has 0 fully saturated rings. The molecule has 0 aromatic heterocycles. The average molecular weight is 799 g/mol. The summed E-state index contributed by atoms with van der Waals surface area (Å²) in [5.41, 5.74) is 5.36. The molecular formula is C45H87N2O7P. The number of phosphoric ester groups is 1. The molecule has 1 amide bonds. The van der Waals surface area contributed by atoms with Crippen LogP contribution in [0.25, 0.3) is 0 Å². The number of nitrogens with one attached hydrogen (secondary N) is 1. The number of carbonyl (C=O) groups excluding carboxylic acids is 1. The first kappa shape index (κ1) is 53.7. The van der Waals surface area contributed by atoms with Crippen molar-refractivity contribution in [3.05, 3.63) is 36.5 Å². The Balaban J connectivity index is 4.37. The smallest absolute Gasteiger partial charge is 0.393 e. The van der Waals surface area contributed by atoms with Crippen molar-refractivity contribution >= 4 is 13.7 Å². The second-order valence-corrected chi connectivity index (χ2v) is 16.9. The largest absolute Gasteiger partial charge is 0.472 e. The van der Waals surface area contributed by atoms with Gasteiger partial charge in [0.1, 0.15) is 0 Å². The third-order valence-corrected chi connectivity index (χ3v) is 11.0. The summed E-state index contributed by atoms with van der Waals surface area (Å²) in [6.45, 7) is 3.94. The second kappa shape index (κ2) is 40.9. The molecule has 0 aromatic rings. The summed E-state index contributed by atoms with van der Waals surface area (Å²) in [6.07, 6.45) is 45.2. The molecule has 0 bridgehead atoms. The van der Waals surface area contributed by atoms with Crippen LogP contribution in [-0.2, 0) is 18.4 Å². The Morgan fingerprint density at radius 1 is 0.618 bits per heavy atom. The molecule has 6 N–H and O–H groups in total. The maximum absolute atomic E-state index is 12.8. The lowest BCUT2D eigenvalue weighted by Crippen LogP contribution is -2.46. The predicted octanol–water partition coefficient (Wildman–Crippen LogP) is 11.7. The number of unbranched alkanes of at least 4 members (excludes halogenated alkanes) is 24. The topological polar surface area (TPSA) is 151 Å². The highest BCUT2D eigenvalue weighted by Gasteiger charge is 2.27. The van der Waals surface area contributed by atoms with Crippen LogP contribution >= 0.6 is 7.82 Å². The van der Waals surface area contributed by atoms with Gasteiger partial charge in [0.15, 0.2) is 0 Å². The molecule has 0 aliphatic rings. The number of amides is 1. The van der Waals surface area contributed by atoms with E-state index in [0.717, 1.165) is 44.9 Å².